The van der Waals surface area contributed by atoms with Crippen LogP contribution in [-0.2, 0) is 6.61 Å². The van der Waals surface area contributed by atoms with Crippen molar-refractivity contribution < 1.29 is 9.15 Å². The van der Waals surface area contributed by atoms with E-state index < -0.39 is 0 Å². The molecule has 0 saturated carbocycles. The second-order valence-electron chi connectivity index (χ2n) is 4.53. The molecule has 3 aromatic rings. The van der Waals surface area contributed by atoms with Gasteiger partial charge in [-0.05, 0) is 42.8 Å². The predicted molar refractivity (Wildman–Crippen MR) is 81.6 cm³/mol. The standard InChI is InChI=1S/C15H13BrN2O2/c1-9-6-10(16)2-5-13(9)19-8-15-18-12-4-3-11(17)7-14(12)20-15/h2-7H,8,17H2,1H3. The van der Waals surface area contributed by atoms with Crippen LogP contribution >= 0.6 is 15.9 Å². The molecule has 1 heterocycles. The molecule has 5 heteroatoms. The van der Waals surface area contributed by atoms with E-state index in [1.54, 1.807) is 12.1 Å². The van der Waals surface area contributed by atoms with Crippen LogP contribution < -0.4 is 10.5 Å². The molecule has 0 amide bonds. The number of ether oxygens (including phenoxy) is 1. The van der Waals surface area contributed by atoms with Gasteiger partial charge < -0.3 is 14.9 Å². The zero-order valence-electron chi connectivity index (χ0n) is 10.9. The zero-order valence-corrected chi connectivity index (χ0v) is 12.5. The number of fused-ring (bicyclic) bond motifs is 1. The first-order valence-electron chi connectivity index (χ1n) is 6.16. The third kappa shape index (κ3) is 2.63. The van der Waals surface area contributed by atoms with Gasteiger partial charge in [0.05, 0.1) is 0 Å². The number of rotatable bonds is 3. The Morgan fingerprint density at radius 2 is 2.10 bits per heavy atom. The molecular formula is C15H13BrN2O2. The zero-order chi connectivity index (χ0) is 14.1. The molecule has 0 spiro atoms. The minimum absolute atomic E-state index is 0.289. The lowest BCUT2D eigenvalue weighted by atomic mass is 10.2. The molecule has 102 valence electrons. The normalized spacial score (nSPS) is 10.9. The van der Waals surface area contributed by atoms with E-state index in [0.29, 0.717) is 17.2 Å². The topological polar surface area (TPSA) is 61.3 Å². The van der Waals surface area contributed by atoms with Crippen LogP contribution in [0.2, 0.25) is 0 Å². The Morgan fingerprint density at radius 3 is 2.90 bits per heavy atom. The highest BCUT2D eigenvalue weighted by Gasteiger charge is 2.08. The van der Waals surface area contributed by atoms with Gasteiger partial charge in [0.25, 0.3) is 0 Å². The Hall–Kier alpha value is -2.01. The van der Waals surface area contributed by atoms with Gasteiger partial charge in [-0.3, -0.25) is 0 Å². The van der Waals surface area contributed by atoms with Gasteiger partial charge in [-0.1, -0.05) is 15.9 Å². The van der Waals surface area contributed by atoms with Crippen molar-refractivity contribution in [1.29, 1.82) is 0 Å². The number of hydrogen-bond donors (Lipinski definition) is 1. The van der Waals surface area contributed by atoms with E-state index in [0.717, 1.165) is 21.3 Å². The number of nitrogens with two attached hydrogens (primary N) is 1. The summed E-state index contributed by atoms with van der Waals surface area (Å²) < 4.78 is 12.4. The molecule has 0 fully saturated rings. The lowest BCUT2D eigenvalue weighted by molar-refractivity contribution is 0.265. The predicted octanol–water partition coefficient (Wildman–Crippen LogP) is 4.06. The van der Waals surface area contributed by atoms with Gasteiger partial charge in [0.1, 0.15) is 11.3 Å². The Balaban J connectivity index is 1.79. The summed E-state index contributed by atoms with van der Waals surface area (Å²) in [5.74, 6) is 1.35. The van der Waals surface area contributed by atoms with Crippen molar-refractivity contribution >= 4 is 32.7 Å². The van der Waals surface area contributed by atoms with Crippen molar-refractivity contribution in [3.8, 4) is 5.75 Å². The third-order valence-electron chi connectivity index (χ3n) is 2.94. The molecule has 20 heavy (non-hydrogen) atoms. The first-order valence-corrected chi connectivity index (χ1v) is 6.95. The fourth-order valence-corrected chi connectivity index (χ4v) is 2.44. The molecule has 3 rings (SSSR count). The molecule has 1 aromatic heterocycles. The van der Waals surface area contributed by atoms with E-state index >= 15 is 0 Å². The average molecular weight is 333 g/mol. The van der Waals surface area contributed by atoms with Gasteiger partial charge in [0, 0.05) is 16.2 Å². The largest absolute Gasteiger partial charge is 0.484 e. The van der Waals surface area contributed by atoms with Crippen molar-refractivity contribution in [2.75, 3.05) is 5.73 Å². The molecule has 0 aliphatic rings. The fraction of sp³-hybridized carbons (Fsp3) is 0.133. The molecule has 0 unspecified atom stereocenters. The van der Waals surface area contributed by atoms with E-state index in [1.165, 1.54) is 0 Å². The van der Waals surface area contributed by atoms with Crippen LogP contribution in [0.5, 0.6) is 5.75 Å². The second kappa shape index (κ2) is 5.17. The maximum absolute atomic E-state index is 5.73. The molecule has 0 saturated heterocycles. The van der Waals surface area contributed by atoms with E-state index in [2.05, 4.69) is 20.9 Å². The minimum Gasteiger partial charge on any atom is -0.484 e. The van der Waals surface area contributed by atoms with Gasteiger partial charge in [-0.2, -0.15) is 0 Å². The number of nitrogen functional groups attached to an aromatic ring is 1. The lowest BCUT2D eigenvalue weighted by Crippen LogP contribution is -1.97. The summed E-state index contributed by atoms with van der Waals surface area (Å²) in [7, 11) is 0. The van der Waals surface area contributed by atoms with E-state index in [1.807, 2.05) is 31.2 Å². The number of oxazole rings is 1. The Morgan fingerprint density at radius 1 is 1.25 bits per heavy atom. The Labute approximate surface area is 124 Å². The first-order chi connectivity index (χ1) is 9.61. The first kappa shape index (κ1) is 13.0. The van der Waals surface area contributed by atoms with E-state index in [-0.39, 0.29) is 6.61 Å². The van der Waals surface area contributed by atoms with Crippen molar-refractivity contribution in [3.05, 3.63) is 52.3 Å². The number of halogens is 1. The van der Waals surface area contributed by atoms with E-state index in [9.17, 15) is 0 Å². The Bertz CT molecular complexity index is 768. The quantitative estimate of drug-likeness (QED) is 0.734. The number of aromatic nitrogens is 1. The number of aryl methyl sites for hydroxylation is 1. The SMILES string of the molecule is Cc1cc(Br)ccc1OCc1nc2ccc(N)cc2o1. The number of anilines is 1. The van der Waals surface area contributed by atoms with Crippen LogP contribution in [0.1, 0.15) is 11.5 Å². The molecule has 0 aliphatic heterocycles. The smallest absolute Gasteiger partial charge is 0.233 e. The van der Waals surface area contributed by atoms with Crippen molar-refractivity contribution in [2.45, 2.75) is 13.5 Å². The fourth-order valence-electron chi connectivity index (χ4n) is 1.96. The van der Waals surface area contributed by atoms with Crippen LogP contribution in [0.25, 0.3) is 11.1 Å². The van der Waals surface area contributed by atoms with Gasteiger partial charge in [-0.25, -0.2) is 4.98 Å². The van der Waals surface area contributed by atoms with Crippen LogP contribution in [-0.4, -0.2) is 4.98 Å². The van der Waals surface area contributed by atoms with Gasteiger partial charge in [-0.15, -0.1) is 0 Å². The summed E-state index contributed by atoms with van der Waals surface area (Å²) in [6.07, 6.45) is 0. The number of nitrogens with zero attached hydrogens (tertiary/aromatic N) is 1. The number of benzene rings is 2. The highest BCUT2D eigenvalue weighted by atomic mass is 79.9. The summed E-state index contributed by atoms with van der Waals surface area (Å²) in [6.45, 7) is 2.28. The summed E-state index contributed by atoms with van der Waals surface area (Å²) in [5, 5.41) is 0. The van der Waals surface area contributed by atoms with Gasteiger partial charge >= 0.3 is 0 Å². The second-order valence-corrected chi connectivity index (χ2v) is 5.45. The van der Waals surface area contributed by atoms with Crippen LogP contribution in [0.3, 0.4) is 0 Å². The maximum atomic E-state index is 5.73. The summed E-state index contributed by atoms with van der Waals surface area (Å²) in [4.78, 5) is 4.36. The Kier molecular flexibility index (Phi) is 3.36. The summed E-state index contributed by atoms with van der Waals surface area (Å²) in [6, 6.07) is 11.3. The van der Waals surface area contributed by atoms with Crippen molar-refractivity contribution in [1.82, 2.24) is 4.98 Å². The molecule has 0 atom stereocenters. The molecule has 2 aromatic carbocycles. The van der Waals surface area contributed by atoms with Crippen LogP contribution in [0.4, 0.5) is 5.69 Å². The molecule has 4 nitrogen and oxygen atoms in total. The highest BCUT2D eigenvalue weighted by Crippen LogP contribution is 2.24. The molecule has 0 bridgehead atoms. The molecular weight excluding hydrogens is 320 g/mol. The minimum atomic E-state index is 0.289. The number of hydrogen-bond acceptors (Lipinski definition) is 4. The molecule has 0 aliphatic carbocycles. The van der Waals surface area contributed by atoms with Gasteiger partial charge in [0.15, 0.2) is 12.2 Å². The van der Waals surface area contributed by atoms with E-state index in [4.69, 9.17) is 14.9 Å². The third-order valence-corrected chi connectivity index (χ3v) is 3.44. The molecule has 0 radical (unpaired) electrons. The average Bonchev–Trinajstić information content (AvgIpc) is 2.79. The van der Waals surface area contributed by atoms with Crippen LogP contribution in [0, 0.1) is 6.92 Å². The van der Waals surface area contributed by atoms with Crippen molar-refractivity contribution in [3.63, 3.8) is 0 Å². The highest BCUT2D eigenvalue weighted by molar-refractivity contribution is 9.10. The summed E-state index contributed by atoms with van der Waals surface area (Å²) >= 11 is 3.42. The lowest BCUT2D eigenvalue weighted by Gasteiger charge is -2.07. The van der Waals surface area contributed by atoms with Crippen LogP contribution in [0.15, 0.2) is 45.3 Å². The molecule has 2 N–H and O–H groups in total. The monoisotopic (exact) mass is 332 g/mol. The summed E-state index contributed by atoms with van der Waals surface area (Å²) in [5.41, 5.74) is 8.88. The maximum Gasteiger partial charge on any atom is 0.233 e. The van der Waals surface area contributed by atoms with Crippen molar-refractivity contribution in [2.24, 2.45) is 0 Å². The van der Waals surface area contributed by atoms with Gasteiger partial charge in [0.2, 0.25) is 5.89 Å².